The van der Waals surface area contributed by atoms with Crippen LogP contribution in [0, 0.1) is 10.1 Å². The van der Waals surface area contributed by atoms with Gasteiger partial charge in [-0.2, -0.15) is 0 Å². The van der Waals surface area contributed by atoms with Crippen molar-refractivity contribution < 1.29 is 4.92 Å². The van der Waals surface area contributed by atoms with Gasteiger partial charge < -0.3 is 10.6 Å². The number of piperidine rings is 1. The molecule has 1 saturated heterocycles. The van der Waals surface area contributed by atoms with E-state index in [-0.39, 0.29) is 10.6 Å². The highest BCUT2D eigenvalue weighted by atomic mass is 16.6. The molecule has 1 aromatic rings. The van der Waals surface area contributed by atoms with E-state index < -0.39 is 0 Å². The molecule has 0 radical (unpaired) electrons. The van der Waals surface area contributed by atoms with Gasteiger partial charge in [0.05, 0.1) is 11.5 Å². The molecule has 7 heteroatoms. The molecule has 0 aromatic heterocycles. The fourth-order valence-corrected chi connectivity index (χ4v) is 2.89. The summed E-state index contributed by atoms with van der Waals surface area (Å²) in [4.78, 5) is 17.4. The summed E-state index contributed by atoms with van der Waals surface area (Å²) in [6.07, 6.45) is 4.07. The number of aliphatic imine (C=N–C) groups is 1. The SMILES string of the molecule is C=CCN1CCC(NC(=NCc2cccc([N+](=O)[O-])c2)NCC)CC1. The highest BCUT2D eigenvalue weighted by Crippen LogP contribution is 2.14. The lowest BCUT2D eigenvalue weighted by Gasteiger charge is -2.32. The van der Waals surface area contributed by atoms with Crippen molar-refractivity contribution in [1.29, 1.82) is 0 Å². The summed E-state index contributed by atoms with van der Waals surface area (Å²) in [5.74, 6) is 0.760. The van der Waals surface area contributed by atoms with Crippen molar-refractivity contribution in [3.63, 3.8) is 0 Å². The van der Waals surface area contributed by atoms with Crippen molar-refractivity contribution in [1.82, 2.24) is 15.5 Å². The standard InChI is InChI=1S/C18H27N5O2/c1-3-10-22-11-8-16(9-12-22)21-18(19-4-2)20-14-15-6-5-7-17(13-15)23(24)25/h3,5-7,13,16H,1,4,8-12,14H2,2H3,(H2,19,20,21). The zero-order valence-corrected chi connectivity index (χ0v) is 14.8. The number of nitrogens with zero attached hydrogens (tertiary/aromatic N) is 3. The van der Waals surface area contributed by atoms with E-state index in [9.17, 15) is 10.1 Å². The van der Waals surface area contributed by atoms with Crippen molar-refractivity contribution in [2.75, 3.05) is 26.2 Å². The van der Waals surface area contributed by atoms with Crippen LogP contribution in [0.5, 0.6) is 0 Å². The topological polar surface area (TPSA) is 82.8 Å². The molecule has 0 amide bonds. The highest BCUT2D eigenvalue weighted by Gasteiger charge is 2.19. The molecule has 2 rings (SSSR count). The van der Waals surface area contributed by atoms with Crippen molar-refractivity contribution in [2.24, 2.45) is 4.99 Å². The molecule has 2 N–H and O–H groups in total. The van der Waals surface area contributed by atoms with Crippen LogP contribution in [0.15, 0.2) is 41.9 Å². The lowest BCUT2D eigenvalue weighted by Crippen LogP contribution is -2.48. The Morgan fingerprint density at radius 2 is 2.24 bits per heavy atom. The van der Waals surface area contributed by atoms with Gasteiger partial charge in [-0.15, -0.1) is 6.58 Å². The predicted octanol–water partition coefficient (Wildman–Crippen LogP) is 2.30. The molecule has 25 heavy (non-hydrogen) atoms. The third kappa shape index (κ3) is 6.19. The van der Waals surface area contributed by atoms with Gasteiger partial charge in [0, 0.05) is 44.4 Å². The van der Waals surface area contributed by atoms with Gasteiger partial charge in [-0.25, -0.2) is 4.99 Å². The second-order valence-electron chi connectivity index (χ2n) is 6.13. The van der Waals surface area contributed by atoms with Crippen LogP contribution in [0.25, 0.3) is 0 Å². The first-order valence-corrected chi connectivity index (χ1v) is 8.73. The lowest BCUT2D eigenvalue weighted by molar-refractivity contribution is -0.384. The van der Waals surface area contributed by atoms with Gasteiger partial charge >= 0.3 is 0 Å². The normalized spacial score (nSPS) is 16.4. The van der Waals surface area contributed by atoms with Crippen LogP contribution in [0.3, 0.4) is 0 Å². The molecule has 136 valence electrons. The average Bonchev–Trinajstić information content (AvgIpc) is 2.62. The Hall–Kier alpha value is -2.41. The molecule has 0 bridgehead atoms. The smallest absolute Gasteiger partial charge is 0.269 e. The van der Waals surface area contributed by atoms with Crippen LogP contribution >= 0.6 is 0 Å². The summed E-state index contributed by atoms with van der Waals surface area (Å²) in [5.41, 5.74) is 0.924. The quantitative estimate of drug-likeness (QED) is 0.260. The molecule has 1 aromatic carbocycles. The summed E-state index contributed by atoms with van der Waals surface area (Å²) in [6.45, 7) is 10.0. The van der Waals surface area contributed by atoms with Gasteiger partial charge in [-0.3, -0.25) is 15.0 Å². The molecule has 1 fully saturated rings. The van der Waals surface area contributed by atoms with E-state index in [4.69, 9.17) is 0 Å². The number of benzene rings is 1. The highest BCUT2D eigenvalue weighted by molar-refractivity contribution is 5.80. The molecule has 0 saturated carbocycles. The average molecular weight is 345 g/mol. The second kappa shape index (κ2) is 9.78. The zero-order valence-electron chi connectivity index (χ0n) is 14.8. The molecule has 0 atom stereocenters. The minimum Gasteiger partial charge on any atom is -0.357 e. The largest absolute Gasteiger partial charge is 0.357 e. The van der Waals surface area contributed by atoms with Gasteiger partial charge in [0.1, 0.15) is 0 Å². The predicted molar refractivity (Wildman–Crippen MR) is 101 cm³/mol. The fraction of sp³-hybridized carbons (Fsp3) is 0.500. The van der Waals surface area contributed by atoms with E-state index in [0.29, 0.717) is 12.6 Å². The first kappa shape index (κ1) is 18.9. The van der Waals surface area contributed by atoms with Gasteiger partial charge in [0.25, 0.3) is 5.69 Å². The van der Waals surface area contributed by atoms with Crippen molar-refractivity contribution >= 4 is 11.6 Å². The van der Waals surface area contributed by atoms with Gasteiger partial charge in [-0.1, -0.05) is 18.2 Å². The molecular weight excluding hydrogens is 318 g/mol. The third-order valence-electron chi connectivity index (χ3n) is 4.20. The number of nitrogens with one attached hydrogen (secondary N) is 2. The number of guanidine groups is 1. The summed E-state index contributed by atoms with van der Waals surface area (Å²) in [5, 5.41) is 17.6. The van der Waals surface area contributed by atoms with Crippen LogP contribution in [0.4, 0.5) is 5.69 Å². The molecule has 1 aliphatic rings. The maximum absolute atomic E-state index is 10.9. The van der Waals surface area contributed by atoms with E-state index >= 15 is 0 Å². The van der Waals surface area contributed by atoms with Crippen molar-refractivity contribution in [2.45, 2.75) is 32.4 Å². The first-order valence-electron chi connectivity index (χ1n) is 8.73. The van der Waals surface area contributed by atoms with Gasteiger partial charge in [-0.05, 0) is 25.3 Å². The van der Waals surface area contributed by atoms with Gasteiger partial charge in [0.2, 0.25) is 0 Å². The first-order chi connectivity index (χ1) is 12.1. The summed E-state index contributed by atoms with van der Waals surface area (Å²) >= 11 is 0. The van der Waals surface area contributed by atoms with Crippen LogP contribution in [0.1, 0.15) is 25.3 Å². The van der Waals surface area contributed by atoms with Crippen LogP contribution in [0.2, 0.25) is 0 Å². The van der Waals surface area contributed by atoms with Crippen molar-refractivity contribution in [3.8, 4) is 0 Å². The lowest BCUT2D eigenvalue weighted by atomic mass is 10.1. The minimum atomic E-state index is -0.381. The number of nitro groups is 1. The molecule has 0 unspecified atom stereocenters. The van der Waals surface area contributed by atoms with Crippen LogP contribution in [-0.2, 0) is 6.54 Å². The van der Waals surface area contributed by atoms with E-state index in [1.807, 2.05) is 19.1 Å². The molecule has 0 aliphatic carbocycles. The third-order valence-corrected chi connectivity index (χ3v) is 4.20. The second-order valence-corrected chi connectivity index (χ2v) is 6.13. The number of likely N-dealkylation sites (tertiary alicyclic amines) is 1. The Kier molecular flexibility index (Phi) is 7.40. The maximum atomic E-state index is 10.9. The van der Waals surface area contributed by atoms with E-state index in [0.717, 1.165) is 50.5 Å². The summed E-state index contributed by atoms with van der Waals surface area (Å²) < 4.78 is 0. The Morgan fingerprint density at radius 3 is 2.88 bits per heavy atom. The molecule has 1 heterocycles. The zero-order chi connectivity index (χ0) is 18.1. The van der Waals surface area contributed by atoms with E-state index in [2.05, 4.69) is 27.1 Å². The molecule has 1 aliphatic heterocycles. The minimum absolute atomic E-state index is 0.0975. The Bertz CT molecular complexity index is 609. The maximum Gasteiger partial charge on any atom is 0.269 e. The number of nitro benzene ring substituents is 1. The molecular formula is C18H27N5O2. The monoisotopic (exact) mass is 345 g/mol. The van der Waals surface area contributed by atoms with E-state index in [1.54, 1.807) is 12.1 Å². The Balaban J connectivity index is 1.93. The van der Waals surface area contributed by atoms with Gasteiger partial charge in [0.15, 0.2) is 5.96 Å². The number of rotatable bonds is 7. The fourth-order valence-electron chi connectivity index (χ4n) is 2.89. The summed E-state index contributed by atoms with van der Waals surface area (Å²) in [6, 6.07) is 7.00. The Labute approximate surface area is 149 Å². The number of non-ortho nitro benzene ring substituents is 1. The number of hydrogen-bond donors (Lipinski definition) is 2. The molecule has 7 nitrogen and oxygen atoms in total. The van der Waals surface area contributed by atoms with Crippen molar-refractivity contribution in [3.05, 3.63) is 52.6 Å². The summed E-state index contributed by atoms with van der Waals surface area (Å²) in [7, 11) is 0. The number of hydrogen-bond acceptors (Lipinski definition) is 4. The molecule has 0 spiro atoms. The Morgan fingerprint density at radius 1 is 1.48 bits per heavy atom. The van der Waals surface area contributed by atoms with Crippen LogP contribution < -0.4 is 10.6 Å². The van der Waals surface area contributed by atoms with Crippen LogP contribution in [-0.4, -0.2) is 48.0 Å². The van der Waals surface area contributed by atoms with E-state index in [1.165, 1.54) is 6.07 Å².